The molecule has 0 aliphatic carbocycles. The Bertz CT molecular complexity index is 521. The minimum Gasteiger partial charge on any atom is -0.490 e. The van der Waals surface area contributed by atoms with Gasteiger partial charge in [-0.25, -0.2) is 0 Å². The van der Waals surface area contributed by atoms with Gasteiger partial charge in [0, 0.05) is 31.1 Å². The van der Waals surface area contributed by atoms with Gasteiger partial charge in [0.2, 0.25) is 0 Å². The highest BCUT2D eigenvalue weighted by atomic mass is 16.5. The van der Waals surface area contributed by atoms with Crippen molar-refractivity contribution in [1.82, 2.24) is 10.6 Å². The molecule has 0 radical (unpaired) electrons. The van der Waals surface area contributed by atoms with Crippen molar-refractivity contribution in [3.05, 3.63) is 23.8 Å². The van der Waals surface area contributed by atoms with Gasteiger partial charge < -0.3 is 25.2 Å². The third-order valence-electron chi connectivity index (χ3n) is 3.80. The van der Waals surface area contributed by atoms with E-state index in [2.05, 4.69) is 10.6 Å². The molecule has 2 rings (SSSR count). The van der Waals surface area contributed by atoms with Crippen LogP contribution < -0.4 is 20.1 Å². The maximum atomic E-state index is 12.3. The highest BCUT2D eigenvalue weighted by Crippen LogP contribution is 2.28. The number of amides is 1. The van der Waals surface area contributed by atoms with Crippen molar-refractivity contribution in [1.29, 1.82) is 0 Å². The minimum atomic E-state index is -0.404. The van der Waals surface area contributed by atoms with E-state index >= 15 is 0 Å². The number of nitrogens with one attached hydrogen (secondary N) is 2. The number of benzene rings is 1. The molecule has 2 unspecified atom stereocenters. The number of β-amino-alcohol motifs (C(OH)–C–C–N with tert-alkyl or cyclic N) is 1. The first-order valence-electron chi connectivity index (χ1n) is 8.22. The number of carbonyl (C=O) groups excluding carboxylic acids is 1. The minimum absolute atomic E-state index is 0.0532. The van der Waals surface area contributed by atoms with Gasteiger partial charge >= 0.3 is 0 Å². The average Bonchev–Trinajstić information content (AvgIpc) is 2.96. The summed E-state index contributed by atoms with van der Waals surface area (Å²) in [6, 6.07) is 5.20. The van der Waals surface area contributed by atoms with Crippen LogP contribution in [0.15, 0.2) is 18.2 Å². The maximum absolute atomic E-state index is 12.3. The zero-order chi connectivity index (χ0) is 16.7. The van der Waals surface area contributed by atoms with Crippen LogP contribution in [0.3, 0.4) is 0 Å². The number of ether oxygens (including phenoxy) is 2. The van der Waals surface area contributed by atoms with Crippen molar-refractivity contribution in [2.75, 3.05) is 32.8 Å². The van der Waals surface area contributed by atoms with E-state index in [1.807, 2.05) is 13.8 Å². The molecule has 0 aromatic heterocycles. The lowest BCUT2D eigenvalue weighted by Crippen LogP contribution is -2.34. The van der Waals surface area contributed by atoms with Crippen LogP contribution in [0.2, 0.25) is 0 Å². The molecule has 0 bridgehead atoms. The summed E-state index contributed by atoms with van der Waals surface area (Å²) in [5, 5.41) is 15.7. The molecule has 6 heteroatoms. The molecular formula is C17H26N2O4. The van der Waals surface area contributed by atoms with Gasteiger partial charge in [-0.3, -0.25) is 4.79 Å². The highest BCUT2D eigenvalue weighted by Gasteiger charge is 2.25. The second kappa shape index (κ2) is 8.74. The fourth-order valence-electron chi connectivity index (χ4n) is 2.50. The zero-order valence-electron chi connectivity index (χ0n) is 13.8. The molecule has 6 nitrogen and oxygen atoms in total. The summed E-state index contributed by atoms with van der Waals surface area (Å²) >= 11 is 0. The Morgan fingerprint density at radius 3 is 2.78 bits per heavy atom. The van der Waals surface area contributed by atoms with Gasteiger partial charge in [0.25, 0.3) is 5.91 Å². The van der Waals surface area contributed by atoms with E-state index in [4.69, 9.17) is 9.47 Å². The first-order chi connectivity index (χ1) is 11.2. The summed E-state index contributed by atoms with van der Waals surface area (Å²) in [7, 11) is 0. The van der Waals surface area contributed by atoms with Crippen LogP contribution in [0.5, 0.6) is 11.5 Å². The molecule has 1 aromatic rings. The largest absolute Gasteiger partial charge is 0.490 e. The van der Waals surface area contributed by atoms with Crippen LogP contribution in [0.4, 0.5) is 0 Å². The average molecular weight is 322 g/mol. The fraction of sp³-hybridized carbons (Fsp3) is 0.588. The molecule has 1 aliphatic heterocycles. The molecule has 3 N–H and O–H groups in total. The second-order valence-electron chi connectivity index (χ2n) is 5.64. The Hall–Kier alpha value is -1.79. The van der Waals surface area contributed by atoms with Crippen molar-refractivity contribution in [3.63, 3.8) is 0 Å². The lowest BCUT2D eigenvalue weighted by molar-refractivity contribution is 0.0926. The number of aliphatic hydroxyl groups is 1. The van der Waals surface area contributed by atoms with Gasteiger partial charge in [-0.15, -0.1) is 0 Å². The first kappa shape index (κ1) is 17.6. The third kappa shape index (κ3) is 4.84. The summed E-state index contributed by atoms with van der Waals surface area (Å²) in [4.78, 5) is 12.3. The molecule has 0 saturated carbocycles. The van der Waals surface area contributed by atoms with Crippen molar-refractivity contribution in [3.8, 4) is 11.5 Å². The van der Waals surface area contributed by atoms with Crippen LogP contribution in [0.1, 0.15) is 30.6 Å². The van der Waals surface area contributed by atoms with E-state index in [1.54, 1.807) is 18.2 Å². The maximum Gasteiger partial charge on any atom is 0.251 e. The van der Waals surface area contributed by atoms with Gasteiger partial charge in [0.15, 0.2) is 11.5 Å². The summed E-state index contributed by atoms with van der Waals surface area (Å²) in [6.45, 7) is 6.80. The van der Waals surface area contributed by atoms with E-state index in [-0.39, 0.29) is 11.8 Å². The predicted octanol–water partition coefficient (Wildman–Crippen LogP) is 1.18. The van der Waals surface area contributed by atoms with Gasteiger partial charge in [0.1, 0.15) is 0 Å². The molecule has 1 aromatic carbocycles. The molecule has 0 spiro atoms. The van der Waals surface area contributed by atoms with Crippen LogP contribution in [-0.2, 0) is 0 Å². The van der Waals surface area contributed by atoms with Crippen molar-refractivity contribution in [2.24, 2.45) is 5.92 Å². The standard InChI is InChI=1S/C17H26N2O4/c1-3-7-23-15-6-5-12(8-16(15)22-4-2)17(21)19-10-13-9-18-11-14(13)20/h5-6,8,13-14,18,20H,3-4,7,9-11H2,1-2H3,(H,19,21). The monoisotopic (exact) mass is 322 g/mol. The summed E-state index contributed by atoms with van der Waals surface area (Å²) in [5.41, 5.74) is 0.526. The van der Waals surface area contributed by atoms with Gasteiger partial charge in [-0.05, 0) is 31.5 Å². The molecule has 1 saturated heterocycles. The van der Waals surface area contributed by atoms with Crippen molar-refractivity contribution < 1.29 is 19.4 Å². The number of hydrogen-bond acceptors (Lipinski definition) is 5. The molecule has 2 atom stereocenters. The number of aliphatic hydroxyl groups excluding tert-OH is 1. The Kier molecular flexibility index (Phi) is 6.67. The quantitative estimate of drug-likeness (QED) is 0.670. The Balaban J connectivity index is 2.00. The molecule has 1 amide bonds. The predicted molar refractivity (Wildman–Crippen MR) is 88.1 cm³/mol. The normalized spacial score (nSPS) is 20.3. The number of carbonyl (C=O) groups is 1. The summed E-state index contributed by atoms with van der Waals surface area (Å²) < 4.78 is 11.2. The Morgan fingerprint density at radius 2 is 2.13 bits per heavy atom. The topological polar surface area (TPSA) is 79.8 Å². The number of rotatable bonds is 8. The second-order valence-corrected chi connectivity index (χ2v) is 5.64. The molecule has 1 heterocycles. The molecule has 1 aliphatic rings. The van der Waals surface area contributed by atoms with Crippen molar-refractivity contribution in [2.45, 2.75) is 26.4 Å². The lowest BCUT2D eigenvalue weighted by atomic mass is 10.1. The van der Waals surface area contributed by atoms with E-state index < -0.39 is 6.10 Å². The zero-order valence-corrected chi connectivity index (χ0v) is 13.8. The molecule has 128 valence electrons. The van der Waals surface area contributed by atoms with Crippen LogP contribution in [0, 0.1) is 5.92 Å². The Morgan fingerprint density at radius 1 is 1.30 bits per heavy atom. The molecular weight excluding hydrogens is 296 g/mol. The van der Waals surface area contributed by atoms with Crippen LogP contribution in [0.25, 0.3) is 0 Å². The third-order valence-corrected chi connectivity index (χ3v) is 3.80. The van der Waals surface area contributed by atoms with E-state index in [9.17, 15) is 9.90 Å². The van der Waals surface area contributed by atoms with Crippen LogP contribution >= 0.6 is 0 Å². The smallest absolute Gasteiger partial charge is 0.251 e. The van der Waals surface area contributed by atoms with Gasteiger partial charge in [-0.1, -0.05) is 6.92 Å². The number of hydrogen-bond donors (Lipinski definition) is 3. The summed E-state index contributed by atoms with van der Waals surface area (Å²) in [5.74, 6) is 1.11. The van der Waals surface area contributed by atoms with E-state index in [0.717, 1.165) is 13.0 Å². The first-order valence-corrected chi connectivity index (χ1v) is 8.22. The van der Waals surface area contributed by atoms with Gasteiger partial charge in [-0.2, -0.15) is 0 Å². The van der Waals surface area contributed by atoms with Gasteiger partial charge in [0.05, 0.1) is 19.3 Å². The SMILES string of the molecule is CCCOc1ccc(C(=O)NCC2CNCC2O)cc1OCC. The van der Waals surface area contributed by atoms with Crippen LogP contribution in [-0.4, -0.2) is 50.0 Å². The lowest BCUT2D eigenvalue weighted by Gasteiger charge is -2.15. The summed E-state index contributed by atoms with van der Waals surface area (Å²) in [6.07, 6.45) is 0.505. The van der Waals surface area contributed by atoms with E-state index in [0.29, 0.717) is 43.4 Å². The Labute approximate surface area is 137 Å². The van der Waals surface area contributed by atoms with Crippen molar-refractivity contribution >= 4 is 5.91 Å². The highest BCUT2D eigenvalue weighted by molar-refractivity contribution is 5.94. The molecule has 1 fully saturated rings. The molecule has 23 heavy (non-hydrogen) atoms. The fourth-order valence-corrected chi connectivity index (χ4v) is 2.50. The van der Waals surface area contributed by atoms with E-state index in [1.165, 1.54) is 0 Å².